The maximum absolute atomic E-state index is 5.93. The van der Waals surface area contributed by atoms with Gasteiger partial charge in [0.05, 0.1) is 16.6 Å². The Morgan fingerprint density at radius 2 is 2.25 bits per heavy atom. The quantitative estimate of drug-likeness (QED) is 0.755. The zero-order chi connectivity index (χ0) is 11.0. The molecule has 0 aromatic heterocycles. The second-order valence-corrected chi connectivity index (χ2v) is 5.32. The summed E-state index contributed by atoms with van der Waals surface area (Å²) in [6, 6.07) is 6.33. The van der Waals surface area contributed by atoms with E-state index in [1.165, 1.54) is 19.3 Å². The van der Waals surface area contributed by atoms with Gasteiger partial charge in [-0.1, -0.05) is 11.6 Å². The van der Waals surface area contributed by atoms with Crippen molar-refractivity contribution in [3.63, 3.8) is 0 Å². The van der Waals surface area contributed by atoms with Gasteiger partial charge in [-0.2, -0.15) is 0 Å². The third kappa shape index (κ3) is 1.99. The SMILES string of the molecule is Clc1ccc2c(c1)SNC(=NC1CCC1)N2. The van der Waals surface area contributed by atoms with E-state index in [9.17, 15) is 0 Å². The zero-order valence-electron chi connectivity index (χ0n) is 8.66. The molecule has 0 saturated heterocycles. The van der Waals surface area contributed by atoms with Crippen molar-refractivity contribution < 1.29 is 0 Å². The average Bonchev–Trinajstić information content (AvgIpc) is 2.23. The van der Waals surface area contributed by atoms with E-state index in [0.717, 1.165) is 21.6 Å². The molecule has 1 heterocycles. The van der Waals surface area contributed by atoms with Gasteiger partial charge in [0.1, 0.15) is 0 Å². The molecular formula is C11H12ClN3S. The lowest BCUT2D eigenvalue weighted by atomic mass is 9.94. The van der Waals surface area contributed by atoms with Crippen LogP contribution < -0.4 is 10.0 Å². The molecule has 1 aliphatic heterocycles. The second kappa shape index (κ2) is 4.18. The van der Waals surface area contributed by atoms with Gasteiger partial charge in [-0.15, -0.1) is 0 Å². The predicted octanol–water partition coefficient (Wildman–Crippen LogP) is 3.27. The van der Waals surface area contributed by atoms with Crippen molar-refractivity contribution in [1.82, 2.24) is 4.72 Å². The highest BCUT2D eigenvalue weighted by atomic mass is 35.5. The summed E-state index contributed by atoms with van der Waals surface area (Å²) < 4.78 is 3.20. The summed E-state index contributed by atoms with van der Waals surface area (Å²) in [5, 5.41) is 4.04. The molecular weight excluding hydrogens is 242 g/mol. The summed E-state index contributed by atoms with van der Waals surface area (Å²) in [6.07, 6.45) is 3.73. The molecule has 1 fully saturated rings. The maximum Gasteiger partial charge on any atom is 0.206 e. The highest BCUT2D eigenvalue weighted by molar-refractivity contribution is 7.98. The highest BCUT2D eigenvalue weighted by Gasteiger charge is 2.19. The molecule has 1 aliphatic carbocycles. The Morgan fingerprint density at radius 1 is 1.38 bits per heavy atom. The van der Waals surface area contributed by atoms with Crippen LogP contribution in [0, 0.1) is 0 Å². The van der Waals surface area contributed by atoms with Crippen LogP contribution in [0.1, 0.15) is 19.3 Å². The average molecular weight is 254 g/mol. The topological polar surface area (TPSA) is 36.4 Å². The standard InChI is InChI=1S/C11H12ClN3S/c12-7-4-5-9-10(6-7)16-15-11(14-9)13-8-2-1-3-8/h4-6,8H,1-3H2,(H2,13,14,15). The number of fused-ring (bicyclic) bond motifs is 1. The van der Waals surface area contributed by atoms with Gasteiger partial charge < -0.3 is 5.32 Å². The maximum atomic E-state index is 5.93. The van der Waals surface area contributed by atoms with E-state index in [2.05, 4.69) is 15.0 Å². The van der Waals surface area contributed by atoms with E-state index in [0.29, 0.717) is 6.04 Å². The van der Waals surface area contributed by atoms with Crippen LogP contribution in [0.2, 0.25) is 5.02 Å². The highest BCUT2D eigenvalue weighted by Crippen LogP contribution is 2.32. The van der Waals surface area contributed by atoms with Gasteiger partial charge in [-0.05, 0) is 49.4 Å². The first kappa shape index (κ1) is 10.3. The Kier molecular flexibility index (Phi) is 2.69. The number of halogens is 1. The minimum Gasteiger partial charge on any atom is -0.325 e. The summed E-state index contributed by atoms with van der Waals surface area (Å²) in [5.74, 6) is 0.865. The summed E-state index contributed by atoms with van der Waals surface area (Å²) in [6.45, 7) is 0. The van der Waals surface area contributed by atoms with Crippen molar-refractivity contribution in [2.45, 2.75) is 30.2 Å². The Bertz CT molecular complexity index is 443. The first-order valence-electron chi connectivity index (χ1n) is 5.38. The summed E-state index contributed by atoms with van der Waals surface area (Å²) >= 11 is 7.49. The number of benzene rings is 1. The van der Waals surface area contributed by atoms with Crippen LogP contribution in [0.25, 0.3) is 0 Å². The Labute approximate surface area is 104 Å². The van der Waals surface area contributed by atoms with Crippen LogP contribution in [0.15, 0.2) is 28.1 Å². The molecule has 0 atom stereocenters. The number of nitrogens with zero attached hydrogens (tertiary/aromatic N) is 1. The molecule has 0 amide bonds. The van der Waals surface area contributed by atoms with Crippen molar-refractivity contribution in [2.24, 2.45) is 4.99 Å². The summed E-state index contributed by atoms with van der Waals surface area (Å²) in [7, 11) is 0. The Hall–Kier alpha value is -0.870. The molecule has 84 valence electrons. The molecule has 0 spiro atoms. The normalized spacial score (nSPS) is 21.9. The van der Waals surface area contributed by atoms with Crippen LogP contribution in [-0.2, 0) is 0 Å². The molecule has 0 bridgehead atoms. The molecule has 3 rings (SSSR count). The number of hydrogen-bond donors (Lipinski definition) is 2. The van der Waals surface area contributed by atoms with Crippen molar-refractivity contribution >= 4 is 35.2 Å². The van der Waals surface area contributed by atoms with Crippen LogP contribution in [0.4, 0.5) is 5.69 Å². The van der Waals surface area contributed by atoms with E-state index in [-0.39, 0.29) is 0 Å². The first-order valence-corrected chi connectivity index (χ1v) is 6.58. The summed E-state index contributed by atoms with van der Waals surface area (Å²) in [5.41, 5.74) is 1.08. The number of rotatable bonds is 1. The molecule has 1 aromatic rings. The molecule has 2 aliphatic rings. The molecule has 16 heavy (non-hydrogen) atoms. The monoisotopic (exact) mass is 253 g/mol. The van der Waals surface area contributed by atoms with E-state index in [1.54, 1.807) is 11.9 Å². The van der Waals surface area contributed by atoms with Gasteiger partial charge in [0, 0.05) is 5.02 Å². The number of nitrogens with one attached hydrogen (secondary N) is 2. The van der Waals surface area contributed by atoms with E-state index in [1.807, 2.05) is 18.2 Å². The Morgan fingerprint density at radius 3 is 3.00 bits per heavy atom. The fraction of sp³-hybridized carbons (Fsp3) is 0.364. The molecule has 2 N–H and O–H groups in total. The molecule has 0 radical (unpaired) electrons. The van der Waals surface area contributed by atoms with E-state index in [4.69, 9.17) is 11.6 Å². The van der Waals surface area contributed by atoms with Crippen molar-refractivity contribution in [2.75, 3.05) is 5.32 Å². The number of guanidine groups is 1. The Balaban J connectivity index is 1.80. The number of anilines is 1. The van der Waals surface area contributed by atoms with Crippen molar-refractivity contribution in [1.29, 1.82) is 0 Å². The van der Waals surface area contributed by atoms with Gasteiger partial charge in [0.2, 0.25) is 5.96 Å². The van der Waals surface area contributed by atoms with Crippen LogP contribution >= 0.6 is 23.5 Å². The molecule has 0 unspecified atom stereocenters. The summed E-state index contributed by atoms with van der Waals surface area (Å²) in [4.78, 5) is 5.71. The minimum absolute atomic E-state index is 0.504. The van der Waals surface area contributed by atoms with Crippen molar-refractivity contribution in [3.8, 4) is 0 Å². The van der Waals surface area contributed by atoms with Gasteiger partial charge in [-0.3, -0.25) is 4.72 Å². The van der Waals surface area contributed by atoms with E-state index < -0.39 is 0 Å². The second-order valence-electron chi connectivity index (χ2n) is 4.03. The van der Waals surface area contributed by atoms with Gasteiger partial charge >= 0.3 is 0 Å². The van der Waals surface area contributed by atoms with Crippen LogP contribution in [-0.4, -0.2) is 12.0 Å². The van der Waals surface area contributed by atoms with Crippen LogP contribution in [0.5, 0.6) is 0 Å². The third-order valence-corrected chi connectivity index (χ3v) is 3.93. The largest absolute Gasteiger partial charge is 0.325 e. The predicted molar refractivity (Wildman–Crippen MR) is 69.1 cm³/mol. The lowest BCUT2D eigenvalue weighted by Crippen LogP contribution is -2.32. The lowest BCUT2D eigenvalue weighted by Gasteiger charge is -2.25. The number of hydrogen-bond acceptors (Lipinski definition) is 2. The molecule has 3 nitrogen and oxygen atoms in total. The van der Waals surface area contributed by atoms with Gasteiger partial charge in [0.15, 0.2) is 0 Å². The molecule has 1 aromatic carbocycles. The van der Waals surface area contributed by atoms with Crippen molar-refractivity contribution in [3.05, 3.63) is 23.2 Å². The number of aliphatic imine (C=N–C) groups is 1. The first-order chi connectivity index (χ1) is 7.81. The molecule has 1 saturated carbocycles. The smallest absolute Gasteiger partial charge is 0.206 e. The fourth-order valence-corrected chi connectivity index (χ4v) is 2.66. The third-order valence-electron chi connectivity index (χ3n) is 2.84. The lowest BCUT2D eigenvalue weighted by molar-refractivity contribution is 0.419. The zero-order valence-corrected chi connectivity index (χ0v) is 10.2. The minimum atomic E-state index is 0.504. The van der Waals surface area contributed by atoms with Crippen LogP contribution in [0.3, 0.4) is 0 Å². The van der Waals surface area contributed by atoms with E-state index >= 15 is 0 Å². The van der Waals surface area contributed by atoms with Gasteiger partial charge in [-0.25, -0.2) is 4.99 Å². The van der Waals surface area contributed by atoms with Gasteiger partial charge in [0.25, 0.3) is 0 Å². The fourth-order valence-electron chi connectivity index (χ4n) is 1.70. The molecule has 5 heteroatoms.